The van der Waals surface area contributed by atoms with Gasteiger partial charge in [0.1, 0.15) is 5.56 Å². The second-order valence-corrected chi connectivity index (χ2v) is 6.19. The van der Waals surface area contributed by atoms with Gasteiger partial charge in [0.05, 0.1) is 0 Å². The van der Waals surface area contributed by atoms with Crippen LogP contribution in [0.15, 0.2) is 40.1 Å². The van der Waals surface area contributed by atoms with Crippen LogP contribution in [0.1, 0.15) is 37.8 Å². The molecule has 0 aliphatic heterocycles. The summed E-state index contributed by atoms with van der Waals surface area (Å²) in [7, 11) is 0. The molecule has 0 fully saturated rings. The van der Waals surface area contributed by atoms with Crippen molar-refractivity contribution in [3.05, 3.63) is 56.6 Å². The summed E-state index contributed by atoms with van der Waals surface area (Å²) in [5, 5.41) is 10.3. The van der Waals surface area contributed by atoms with Crippen molar-refractivity contribution in [2.24, 2.45) is 4.99 Å². The summed E-state index contributed by atoms with van der Waals surface area (Å²) in [5.41, 5.74) is 1.00. The number of nitrogens with zero attached hydrogens (tertiary/aromatic N) is 2. The number of aromatic nitrogens is 2. The molecule has 1 heterocycles. The SMILES string of the molecule is CCCn1c(O)c(C=N[C@H](C)CCc2ccccc2)c(=O)[nH]c1=S. The van der Waals surface area contributed by atoms with E-state index < -0.39 is 5.56 Å². The van der Waals surface area contributed by atoms with Crippen LogP contribution in [0.4, 0.5) is 0 Å². The lowest BCUT2D eigenvalue weighted by molar-refractivity contribution is 0.401. The van der Waals surface area contributed by atoms with Gasteiger partial charge in [0.2, 0.25) is 5.88 Å². The van der Waals surface area contributed by atoms with Crippen molar-refractivity contribution in [1.29, 1.82) is 0 Å². The molecule has 2 N–H and O–H groups in total. The van der Waals surface area contributed by atoms with Crippen molar-refractivity contribution in [1.82, 2.24) is 9.55 Å². The average molecular weight is 345 g/mol. The molecule has 5 nitrogen and oxygen atoms in total. The maximum atomic E-state index is 12.0. The number of benzene rings is 1. The van der Waals surface area contributed by atoms with Crippen molar-refractivity contribution in [2.75, 3.05) is 0 Å². The predicted molar refractivity (Wildman–Crippen MR) is 99.7 cm³/mol. The van der Waals surface area contributed by atoms with E-state index in [1.54, 1.807) is 0 Å². The first-order valence-electron chi connectivity index (χ1n) is 8.16. The second kappa shape index (κ2) is 8.59. The fourth-order valence-electron chi connectivity index (χ4n) is 2.42. The molecule has 24 heavy (non-hydrogen) atoms. The Labute approximate surface area is 146 Å². The molecule has 0 radical (unpaired) electrons. The molecule has 0 spiro atoms. The van der Waals surface area contributed by atoms with E-state index >= 15 is 0 Å². The van der Waals surface area contributed by atoms with Gasteiger partial charge in [-0.25, -0.2) is 0 Å². The summed E-state index contributed by atoms with van der Waals surface area (Å²) in [4.78, 5) is 19.0. The highest BCUT2D eigenvalue weighted by Gasteiger charge is 2.10. The van der Waals surface area contributed by atoms with Crippen molar-refractivity contribution < 1.29 is 5.11 Å². The van der Waals surface area contributed by atoms with Gasteiger partial charge in [-0.3, -0.25) is 19.3 Å². The molecule has 0 saturated heterocycles. The molecule has 0 aliphatic rings. The molecule has 128 valence electrons. The van der Waals surface area contributed by atoms with Crippen LogP contribution in [-0.2, 0) is 13.0 Å². The van der Waals surface area contributed by atoms with Gasteiger partial charge in [-0.15, -0.1) is 0 Å². The normalized spacial score (nSPS) is 12.6. The zero-order chi connectivity index (χ0) is 17.5. The van der Waals surface area contributed by atoms with Crippen LogP contribution in [0.2, 0.25) is 0 Å². The standard InChI is InChI=1S/C18H23N3O2S/c1-3-11-21-17(23)15(16(22)20-18(21)24)12-19-13(2)9-10-14-7-5-4-6-8-14/h4-8,12-13,23H,3,9-11H2,1-2H3,(H,20,22,24)/t13-/m1/s1. The summed E-state index contributed by atoms with van der Waals surface area (Å²) < 4.78 is 1.75. The third-order valence-corrected chi connectivity index (χ3v) is 4.13. The van der Waals surface area contributed by atoms with Crippen LogP contribution in [-0.4, -0.2) is 26.9 Å². The topological polar surface area (TPSA) is 70.4 Å². The lowest BCUT2D eigenvalue weighted by Crippen LogP contribution is -2.19. The molecule has 0 unspecified atom stereocenters. The van der Waals surface area contributed by atoms with Crippen LogP contribution >= 0.6 is 12.2 Å². The molecule has 0 saturated carbocycles. The minimum Gasteiger partial charge on any atom is -0.494 e. The molecular weight excluding hydrogens is 322 g/mol. The minimum atomic E-state index is -0.413. The minimum absolute atomic E-state index is 0.0480. The second-order valence-electron chi connectivity index (χ2n) is 5.80. The van der Waals surface area contributed by atoms with Crippen LogP contribution < -0.4 is 5.56 Å². The Bertz CT molecular complexity index is 809. The largest absolute Gasteiger partial charge is 0.494 e. The number of rotatable bonds is 7. The molecule has 1 aromatic carbocycles. The molecule has 1 aromatic heterocycles. The number of aliphatic imine (C=N–C) groups is 1. The first-order chi connectivity index (χ1) is 11.5. The van der Waals surface area contributed by atoms with E-state index in [-0.39, 0.29) is 22.3 Å². The lowest BCUT2D eigenvalue weighted by atomic mass is 10.1. The zero-order valence-corrected chi connectivity index (χ0v) is 14.8. The van der Waals surface area contributed by atoms with Gasteiger partial charge in [0, 0.05) is 18.8 Å². The third-order valence-electron chi connectivity index (χ3n) is 3.81. The highest BCUT2D eigenvalue weighted by molar-refractivity contribution is 7.71. The van der Waals surface area contributed by atoms with E-state index in [2.05, 4.69) is 22.1 Å². The quantitative estimate of drug-likeness (QED) is 0.596. The van der Waals surface area contributed by atoms with Crippen molar-refractivity contribution >= 4 is 18.4 Å². The molecular formula is C18H23N3O2S. The smallest absolute Gasteiger partial charge is 0.264 e. The van der Waals surface area contributed by atoms with E-state index in [4.69, 9.17) is 12.2 Å². The highest BCUT2D eigenvalue weighted by Crippen LogP contribution is 2.13. The van der Waals surface area contributed by atoms with Crippen LogP contribution in [0.5, 0.6) is 5.88 Å². The Morgan fingerprint density at radius 2 is 2.08 bits per heavy atom. The van der Waals surface area contributed by atoms with Crippen molar-refractivity contribution in [3.8, 4) is 5.88 Å². The Balaban J connectivity index is 2.12. The first kappa shape index (κ1) is 18.1. The fourth-order valence-corrected chi connectivity index (χ4v) is 2.69. The van der Waals surface area contributed by atoms with Gasteiger partial charge in [-0.1, -0.05) is 37.3 Å². The van der Waals surface area contributed by atoms with E-state index in [9.17, 15) is 9.90 Å². The maximum Gasteiger partial charge on any atom is 0.264 e. The molecule has 2 aromatic rings. The van der Waals surface area contributed by atoms with Crippen molar-refractivity contribution in [3.63, 3.8) is 0 Å². The van der Waals surface area contributed by atoms with Gasteiger partial charge in [0.25, 0.3) is 5.56 Å². The van der Waals surface area contributed by atoms with Gasteiger partial charge in [-0.05, 0) is 44.0 Å². The average Bonchev–Trinajstić information content (AvgIpc) is 2.57. The molecule has 0 bridgehead atoms. The number of hydrogen-bond acceptors (Lipinski definition) is 4. The lowest BCUT2D eigenvalue weighted by Gasteiger charge is -2.10. The summed E-state index contributed by atoms with van der Waals surface area (Å²) in [6, 6.07) is 10.3. The summed E-state index contributed by atoms with van der Waals surface area (Å²) in [5.74, 6) is -0.121. The first-order valence-corrected chi connectivity index (χ1v) is 8.57. The molecule has 0 aliphatic carbocycles. The predicted octanol–water partition coefficient (Wildman–Crippen LogP) is 3.46. The number of hydrogen-bond donors (Lipinski definition) is 2. The highest BCUT2D eigenvalue weighted by atomic mass is 32.1. The maximum absolute atomic E-state index is 12.0. The van der Waals surface area contributed by atoms with E-state index in [1.807, 2.05) is 32.0 Å². The number of aromatic hydroxyl groups is 1. The molecule has 1 atom stereocenters. The summed E-state index contributed by atoms with van der Waals surface area (Å²) in [6.07, 6.45) is 4.04. The number of nitrogens with one attached hydrogen (secondary N) is 1. The third kappa shape index (κ3) is 4.64. The molecule has 0 amide bonds. The van der Waals surface area contributed by atoms with Gasteiger partial charge < -0.3 is 5.11 Å². The van der Waals surface area contributed by atoms with Gasteiger partial charge in [-0.2, -0.15) is 0 Å². The summed E-state index contributed by atoms with van der Waals surface area (Å²) in [6.45, 7) is 4.52. The number of aromatic amines is 1. The van der Waals surface area contributed by atoms with Crippen LogP contribution in [0.3, 0.4) is 0 Å². The Kier molecular flexibility index (Phi) is 6.49. The van der Waals surface area contributed by atoms with E-state index in [1.165, 1.54) is 16.3 Å². The Hall–Kier alpha value is -2.21. The van der Waals surface area contributed by atoms with Crippen LogP contribution in [0, 0.1) is 4.77 Å². The van der Waals surface area contributed by atoms with Gasteiger partial charge >= 0.3 is 0 Å². The van der Waals surface area contributed by atoms with Gasteiger partial charge in [0.15, 0.2) is 4.77 Å². The zero-order valence-electron chi connectivity index (χ0n) is 14.0. The van der Waals surface area contributed by atoms with Crippen molar-refractivity contribution in [2.45, 2.75) is 45.7 Å². The Morgan fingerprint density at radius 3 is 2.75 bits per heavy atom. The fraction of sp³-hybridized carbons (Fsp3) is 0.389. The number of H-pyrrole nitrogens is 1. The van der Waals surface area contributed by atoms with Crippen LogP contribution in [0.25, 0.3) is 0 Å². The van der Waals surface area contributed by atoms with E-state index in [0.29, 0.717) is 6.54 Å². The van der Waals surface area contributed by atoms with E-state index in [0.717, 1.165) is 19.3 Å². The summed E-state index contributed by atoms with van der Waals surface area (Å²) >= 11 is 5.09. The molecule has 2 rings (SSSR count). The Morgan fingerprint density at radius 1 is 1.38 bits per heavy atom. The number of aryl methyl sites for hydroxylation is 1. The monoisotopic (exact) mass is 345 g/mol. The molecule has 6 heteroatoms.